The van der Waals surface area contributed by atoms with Gasteiger partial charge in [-0.25, -0.2) is 4.39 Å². The van der Waals surface area contributed by atoms with E-state index in [1.165, 1.54) is 29.2 Å². The molecule has 3 rings (SSSR count). The molecule has 3 N–H and O–H groups in total. The summed E-state index contributed by atoms with van der Waals surface area (Å²) < 4.78 is 13.5. The van der Waals surface area contributed by atoms with E-state index < -0.39 is 28.6 Å². The third-order valence-electron chi connectivity index (χ3n) is 4.92. The number of para-hydroxylation sites is 1. The zero-order valence-corrected chi connectivity index (χ0v) is 17.9. The van der Waals surface area contributed by atoms with Gasteiger partial charge in [0.15, 0.2) is 5.75 Å². The number of phenolic OH excluding ortho intramolecular Hbond substituents is 1. The van der Waals surface area contributed by atoms with Gasteiger partial charge in [0.2, 0.25) is 0 Å². The van der Waals surface area contributed by atoms with Crippen LogP contribution in [0, 0.1) is 5.82 Å². The maximum atomic E-state index is 13.5. The highest BCUT2D eigenvalue weighted by Crippen LogP contribution is 2.33. The zero-order chi connectivity index (χ0) is 22.9. The van der Waals surface area contributed by atoms with Gasteiger partial charge in [-0.1, -0.05) is 30.7 Å². The van der Waals surface area contributed by atoms with Crippen LogP contribution in [-0.2, 0) is 0 Å². The first kappa shape index (κ1) is 22.3. The van der Waals surface area contributed by atoms with Crippen LogP contribution in [-0.4, -0.2) is 30.0 Å². The maximum absolute atomic E-state index is 13.5. The number of hydrogen-bond acceptors (Lipinski definition) is 6. The number of hydrogen-bond donors (Lipinski definition) is 3. The number of rotatable bonds is 7. The summed E-state index contributed by atoms with van der Waals surface area (Å²) in [6, 6.07) is 8.32. The first-order valence-electron chi connectivity index (χ1n) is 9.51. The summed E-state index contributed by atoms with van der Waals surface area (Å²) >= 11 is 5.86. The maximum Gasteiger partial charge on any atom is 0.257 e. The minimum atomic E-state index is -0.752. The minimum absolute atomic E-state index is 0.0265. The monoisotopic (exact) mass is 445 g/mol. The van der Waals surface area contributed by atoms with Gasteiger partial charge in [0, 0.05) is 14.1 Å². The number of amides is 1. The van der Waals surface area contributed by atoms with Crippen molar-refractivity contribution in [1.82, 2.24) is 4.90 Å². The number of carbonyl (C=O) groups excluding carboxylic acids is 1. The summed E-state index contributed by atoms with van der Waals surface area (Å²) in [6.45, 7) is 1.86. The second kappa shape index (κ2) is 8.77. The Hall–Kier alpha value is -3.39. The van der Waals surface area contributed by atoms with E-state index in [9.17, 15) is 23.9 Å². The molecule has 0 saturated heterocycles. The van der Waals surface area contributed by atoms with Crippen LogP contribution in [0.3, 0.4) is 0 Å². The molecule has 162 valence electrons. The third-order valence-corrected chi connectivity index (χ3v) is 5.21. The Morgan fingerprint density at radius 1 is 1.16 bits per heavy atom. The van der Waals surface area contributed by atoms with Crippen molar-refractivity contribution in [3.8, 4) is 5.75 Å². The Morgan fingerprint density at radius 3 is 2.45 bits per heavy atom. The molecule has 0 aliphatic rings. The number of phenols is 1. The molecule has 1 atom stereocenters. The highest BCUT2D eigenvalue weighted by Gasteiger charge is 2.25. The van der Waals surface area contributed by atoms with Gasteiger partial charge in [0.25, 0.3) is 16.8 Å². The van der Waals surface area contributed by atoms with Crippen molar-refractivity contribution < 1.29 is 14.3 Å². The predicted molar refractivity (Wildman–Crippen MR) is 119 cm³/mol. The second-order valence-electron chi connectivity index (χ2n) is 7.21. The molecule has 0 heterocycles. The molecule has 3 aromatic carbocycles. The number of aromatic hydroxyl groups is 1. The SMILES string of the molecule is CCC(Nc1c(Nc2cccc(C(=O)N(C)C)c2O)c(=O)c1=O)c1ccc(F)c(Cl)c1. The van der Waals surface area contributed by atoms with E-state index >= 15 is 0 Å². The third kappa shape index (κ3) is 4.25. The smallest absolute Gasteiger partial charge is 0.257 e. The van der Waals surface area contributed by atoms with Crippen molar-refractivity contribution in [2.24, 2.45) is 0 Å². The molecule has 1 unspecified atom stereocenters. The lowest BCUT2D eigenvalue weighted by atomic mass is 10.0. The van der Waals surface area contributed by atoms with E-state index in [2.05, 4.69) is 10.6 Å². The topological polar surface area (TPSA) is 98.7 Å². The summed E-state index contributed by atoms with van der Waals surface area (Å²) in [5.41, 5.74) is -0.638. The molecule has 1 amide bonds. The number of halogens is 2. The standard InChI is InChI=1S/C22H21ClFN3O4/c1-4-15(11-8-9-14(24)13(23)10-11)25-17-18(21(30)20(17)29)26-16-7-5-6-12(19(16)28)22(31)27(2)3/h5-10,15,25-26,28H,4H2,1-3H3. The second-order valence-corrected chi connectivity index (χ2v) is 7.62. The Balaban J connectivity index is 1.91. The van der Waals surface area contributed by atoms with Crippen LogP contribution in [0.15, 0.2) is 46.0 Å². The number of anilines is 3. The average molecular weight is 446 g/mol. The van der Waals surface area contributed by atoms with Crippen molar-refractivity contribution in [3.63, 3.8) is 0 Å². The van der Waals surface area contributed by atoms with E-state index in [1.54, 1.807) is 26.2 Å². The van der Waals surface area contributed by atoms with E-state index in [4.69, 9.17) is 11.6 Å². The van der Waals surface area contributed by atoms with Crippen LogP contribution in [0.5, 0.6) is 5.75 Å². The summed E-state index contributed by atoms with van der Waals surface area (Å²) in [6.07, 6.45) is 0.526. The number of nitrogens with one attached hydrogen (secondary N) is 2. The lowest BCUT2D eigenvalue weighted by molar-refractivity contribution is 0.0824. The largest absolute Gasteiger partial charge is 0.505 e. The summed E-state index contributed by atoms with van der Waals surface area (Å²) in [4.78, 5) is 37.9. The number of nitrogens with zero attached hydrogens (tertiary/aromatic N) is 1. The molecule has 7 nitrogen and oxygen atoms in total. The van der Waals surface area contributed by atoms with Crippen LogP contribution in [0.1, 0.15) is 35.3 Å². The Kier molecular flexibility index (Phi) is 6.31. The van der Waals surface area contributed by atoms with Gasteiger partial charge >= 0.3 is 0 Å². The van der Waals surface area contributed by atoms with Gasteiger partial charge in [-0.05, 0) is 36.2 Å². The van der Waals surface area contributed by atoms with Gasteiger partial charge < -0.3 is 20.6 Å². The van der Waals surface area contributed by atoms with Crippen molar-refractivity contribution in [2.45, 2.75) is 19.4 Å². The fourth-order valence-corrected chi connectivity index (χ4v) is 3.35. The molecule has 0 saturated carbocycles. The lowest BCUT2D eigenvalue weighted by Gasteiger charge is -2.22. The van der Waals surface area contributed by atoms with Gasteiger partial charge in [-0.15, -0.1) is 0 Å². The molecule has 0 aromatic heterocycles. The molecule has 0 aliphatic heterocycles. The van der Waals surface area contributed by atoms with Crippen LogP contribution < -0.4 is 21.5 Å². The van der Waals surface area contributed by atoms with Crippen LogP contribution in [0.25, 0.3) is 0 Å². The van der Waals surface area contributed by atoms with E-state index in [0.717, 1.165) is 0 Å². The predicted octanol–water partition coefficient (Wildman–Crippen LogP) is 3.79. The van der Waals surface area contributed by atoms with Crippen LogP contribution in [0.4, 0.5) is 21.5 Å². The molecular weight excluding hydrogens is 425 g/mol. The van der Waals surface area contributed by atoms with E-state index in [0.29, 0.717) is 12.0 Å². The molecule has 31 heavy (non-hydrogen) atoms. The number of carbonyl (C=O) groups is 1. The van der Waals surface area contributed by atoms with Crippen LogP contribution in [0.2, 0.25) is 5.02 Å². The average Bonchev–Trinajstić information content (AvgIpc) is 2.75. The fraction of sp³-hybridized carbons (Fsp3) is 0.227. The van der Waals surface area contributed by atoms with Crippen molar-refractivity contribution >= 4 is 34.6 Å². The fourth-order valence-electron chi connectivity index (χ4n) is 3.17. The normalized spacial score (nSPS) is 11.9. The van der Waals surface area contributed by atoms with Crippen molar-refractivity contribution in [3.05, 3.63) is 78.8 Å². The first-order chi connectivity index (χ1) is 14.6. The van der Waals surface area contributed by atoms with E-state index in [-0.39, 0.29) is 33.4 Å². The van der Waals surface area contributed by atoms with Crippen LogP contribution >= 0.6 is 11.6 Å². The Morgan fingerprint density at radius 2 is 1.84 bits per heavy atom. The molecule has 0 aliphatic carbocycles. The quantitative estimate of drug-likeness (QED) is 0.378. The highest BCUT2D eigenvalue weighted by atomic mass is 35.5. The molecular formula is C22H21ClFN3O4. The molecule has 3 aromatic rings. The first-order valence-corrected chi connectivity index (χ1v) is 9.88. The van der Waals surface area contributed by atoms with Crippen molar-refractivity contribution in [1.29, 1.82) is 0 Å². The van der Waals surface area contributed by atoms with E-state index in [1.807, 2.05) is 6.92 Å². The summed E-state index contributed by atoms with van der Waals surface area (Å²) in [5, 5.41) is 16.2. The highest BCUT2D eigenvalue weighted by molar-refractivity contribution is 6.30. The zero-order valence-electron chi connectivity index (χ0n) is 17.1. The molecule has 9 heteroatoms. The van der Waals surface area contributed by atoms with Gasteiger partial charge in [0.1, 0.15) is 17.2 Å². The van der Waals surface area contributed by atoms with Gasteiger partial charge in [0.05, 0.1) is 22.3 Å². The van der Waals surface area contributed by atoms with Crippen molar-refractivity contribution in [2.75, 3.05) is 24.7 Å². The molecule has 0 fully saturated rings. The van der Waals surface area contributed by atoms with Gasteiger partial charge in [-0.3, -0.25) is 14.4 Å². The summed E-state index contributed by atoms with van der Waals surface area (Å²) in [5.74, 6) is -1.30. The summed E-state index contributed by atoms with van der Waals surface area (Å²) in [7, 11) is 3.10. The lowest BCUT2D eigenvalue weighted by Crippen LogP contribution is -2.37. The molecule has 0 radical (unpaired) electrons. The Bertz CT molecular complexity index is 1220. The molecule has 0 bridgehead atoms. The van der Waals surface area contributed by atoms with Gasteiger partial charge in [-0.2, -0.15) is 0 Å². The number of benzene rings is 2. The minimum Gasteiger partial charge on any atom is -0.505 e. The molecule has 0 spiro atoms. The Labute approximate surface area is 182 Å².